The highest BCUT2D eigenvalue weighted by Crippen LogP contribution is 2.24. The third kappa shape index (κ3) is 6.14. The Morgan fingerprint density at radius 2 is 2.04 bits per heavy atom. The maximum Gasteiger partial charge on any atom is 0.238 e. The molecule has 6 nitrogen and oxygen atoms in total. The van der Waals surface area contributed by atoms with Crippen LogP contribution in [0.5, 0.6) is 0 Å². The van der Waals surface area contributed by atoms with Gasteiger partial charge in [-0.3, -0.25) is 14.5 Å². The lowest BCUT2D eigenvalue weighted by Crippen LogP contribution is -2.41. The molecule has 0 spiro atoms. The minimum Gasteiger partial charge on any atom is -0.376 e. The number of hydrogen-bond acceptors (Lipinski definition) is 5. The molecule has 0 saturated carbocycles. The molecule has 1 fully saturated rings. The van der Waals surface area contributed by atoms with Gasteiger partial charge >= 0.3 is 0 Å². The van der Waals surface area contributed by atoms with Gasteiger partial charge in [0.05, 0.1) is 24.9 Å². The summed E-state index contributed by atoms with van der Waals surface area (Å²) >= 11 is 1.58. The van der Waals surface area contributed by atoms with Gasteiger partial charge in [-0.1, -0.05) is 12.1 Å². The topological polar surface area (TPSA) is 70.7 Å². The minimum atomic E-state index is -0.133. The van der Waals surface area contributed by atoms with E-state index in [1.807, 2.05) is 30.5 Å². The zero-order valence-electron chi connectivity index (χ0n) is 14.2. The van der Waals surface area contributed by atoms with Crippen molar-refractivity contribution < 1.29 is 14.3 Å². The van der Waals surface area contributed by atoms with Crippen molar-refractivity contribution in [2.45, 2.75) is 23.8 Å². The first-order valence-corrected chi connectivity index (χ1v) is 9.30. The third-order valence-corrected chi connectivity index (χ3v) is 4.55. The molecule has 1 saturated heterocycles. The number of nitrogens with zero attached hydrogens (tertiary/aromatic N) is 1. The predicted molar refractivity (Wildman–Crippen MR) is 96.3 cm³/mol. The molecule has 0 aromatic heterocycles. The first-order chi connectivity index (χ1) is 11.6. The number of ether oxygens (including phenoxy) is 1. The van der Waals surface area contributed by atoms with Crippen molar-refractivity contribution in [2.24, 2.45) is 0 Å². The zero-order valence-corrected chi connectivity index (χ0v) is 15.0. The Balaban J connectivity index is 1.71. The number of thioether (sulfide) groups is 1. The Labute approximate surface area is 147 Å². The molecule has 1 aliphatic rings. The van der Waals surface area contributed by atoms with Crippen LogP contribution in [0, 0.1) is 0 Å². The largest absolute Gasteiger partial charge is 0.376 e. The minimum absolute atomic E-state index is 0.0923. The van der Waals surface area contributed by atoms with Crippen molar-refractivity contribution in [1.82, 2.24) is 10.2 Å². The quantitative estimate of drug-likeness (QED) is 0.696. The van der Waals surface area contributed by atoms with Gasteiger partial charge in [-0.05, 0) is 38.3 Å². The lowest BCUT2D eigenvalue weighted by Gasteiger charge is -2.17. The second-order valence-electron chi connectivity index (χ2n) is 5.86. The molecule has 1 aromatic carbocycles. The van der Waals surface area contributed by atoms with Gasteiger partial charge in [-0.2, -0.15) is 0 Å². The van der Waals surface area contributed by atoms with E-state index in [-0.39, 0.29) is 31.0 Å². The monoisotopic (exact) mass is 351 g/mol. The Morgan fingerprint density at radius 1 is 1.29 bits per heavy atom. The van der Waals surface area contributed by atoms with Crippen molar-refractivity contribution in [2.75, 3.05) is 44.9 Å². The number of likely N-dealkylation sites (N-methyl/N-ethyl adjacent to an activating group) is 1. The molecule has 2 N–H and O–H groups in total. The van der Waals surface area contributed by atoms with E-state index in [2.05, 4.69) is 10.6 Å². The van der Waals surface area contributed by atoms with Crippen LogP contribution < -0.4 is 10.6 Å². The van der Waals surface area contributed by atoms with Crippen molar-refractivity contribution in [3.05, 3.63) is 24.3 Å². The highest BCUT2D eigenvalue weighted by Gasteiger charge is 2.17. The van der Waals surface area contributed by atoms with Crippen LogP contribution in [-0.4, -0.2) is 62.4 Å². The molecule has 0 bridgehead atoms. The van der Waals surface area contributed by atoms with Crippen LogP contribution in [0.1, 0.15) is 12.8 Å². The lowest BCUT2D eigenvalue weighted by molar-refractivity contribution is -0.123. The average Bonchev–Trinajstić information content (AvgIpc) is 3.06. The van der Waals surface area contributed by atoms with Gasteiger partial charge in [0, 0.05) is 18.0 Å². The lowest BCUT2D eigenvalue weighted by atomic mass is 10.2. The summed E-state index contributed by atoms with van der Waals surface area (Å²) in [6.07, 6.45) is 4.15. The van der Waals surface area contributed by atoms with Crippen LogP contribution in [0.4, 0.5) is 5.69 Å². The smallest absolute Gasteiger partial charge is 0.238 e. The summed E-state index contributed by atoms with van der Waals surface area (Å²) in [5.74, 6) is -0.226. The fourth-order valence-corrected chi connectivity index (χ4v) is 3.13. The normalized spacial score (nSPS) is 17.0. The van der Waals surface area contributed by atoms with Gasteiger partial charge in [0.2, 0.25) is 11.8 Å². The van der Waals surface area contributed by atoms with Crippen LogP contribution in [0.3, 0.4) is 0 Å². The molecule has 2 amide bonds. The number of anilines is 1. The zero-order chi connectivity index (χ0) is 17.4. The van der Waals surface area contributed by atoms with E-state index in [1.165, 1.54) is 0 Å². The first kappa shape index (κ1) is 18.8. The van der Waals surface area contributed by atoms with E-state index in [0.717, 1.165) is 30.0 Å². The van der Waals surface area contributed by atoms with Crippen molar-refractivity contribution in [1.29, 1.82) is 0 Å². The number of benzene rings is 1. The Bertz CT molecular complexity index is 562. The first-order valence-electron chi connectivity index (χ1n) is 8.08. The Hall–Kier alpha value is -1.57. The number of hydrogen-bond donors (Lipinski definition) is 2. The molecular weight excluding hydrogens is 326 g/mol. The number of carbonyl (C=O) groups is 2. The van der Waals surface area contributed by atoms with E-state index in [9.17, 15) is 9.59 Å². The van der Waals surface area contributed by atoms with Gasteiger partial charge in [0.1, 0.15) is 0 Å². The fourth-order valence-electron chi connectivity index (χ4n) is 2.57. The van der Waals surface area contributed by atoms with Crippen LogP contribution in [-0.2, 0) is 14.3 Å². The Kier molecular flexibility index (Phi) is 7.55. The van der Waals surface area contributed by atoms with Crippen molar-refractivity contribution in [3.63, 3.8) is 0 Å². The number of nitrogens with one attached hydrogen (secondary N) is 2. The second-order valence-corrected chi connectivity index (χ2v) is 6.71. The summed E-state index contributed by atoms with van der Waals surface area (Å²) in [4.78, 5) is 26.7. The van der Waals surface area contributed by atoms with E-state index >= 15 is 0 Å². The summed E-state index contributed by atoms with van der Waals surface area (Å²) in [5.41, 5.74) is 0.797. The summed E-state index contributed by atoms with van der Waals surface area (Å²) < 4.78 is 5.47. The molecule has 2 rings (SSSR count). The standard InChI is InChI=1S/C17H25N3O3S/c1-20(11-16(21)18-10-13-6-5-9-23-13)12-17(22)19-14-7-3-4-8-15(14)24-2/h3-4,7-8,13H,5-6,9-12H2,1-2H3,(H,18,21)(H,19,22)/t13-/m1/s1. The van der Waals surface area contributed by atoms with Crippen molar-refractivity contribution >= 4 is 29.3 Å². The molecule has 1 heterocycles. The van der Waals surface area contributed by atoms with Crippen LogP contribution in [0.2, 0.25) is 0 Å². The van der Waals surface area contributed by atoms with Gasteiger partial charge in [-0.15, -0.1) is 11.8 Å². The SMILES string of the molecule is CSc1ccccc1NC(=O)CN(C)CC(=O)NC[C@H]1CCCO1. The molecule has 0 aliphatic carbocycles. The van der Waals surface area contributed by atoms with E-state index in [4.69, 9.17) is 4.74 Å². The van der Waals surface area contributed by atoms with Crippen LogP contribution in [0.25, 0.3) is 0 Å². The van der Waals surface area contributed by atoms with Gasteiger partial charge in [-0.25, -0.2) is 0 Å². The van der Waals surface area contributed by atoms with E-state index in [1.54, 1.807) is 23.7 Å². The summed E-state index contributed by atoms with van der Waals surface area (Å²) in [5, 5.41) is 5.75. The third-order valence-electron chi connectivity index (χ3n) is 3.76. The molecule has 1 aromatic rings. The predicted octanol–water partition coefficient (Wildman–Crippen LogP) is 1.57. The summed E-state index contributed by atoms with van der Waals surface area (Å²) in [7, 11) is 1.76. The van der Waals surface area contributed by atoms with Gasteiger partial charge < -0.3 is 15.4 Å². The highest BCUT2D eigenvalue weighted by atomic mass is 32.2. The molecule has 0 unspecified atom stereocenters. The average molecular weight is 351 g/mol. The number of amides is 2. The molecular formula is C17H25N3O3S. The Morgan fingerprint density at radius 3 is 2.75 bits per heavy atom. The maximum atomic E-state index is 12.1. The van der Waals surface area contributed by atoms with Gasteiger partial charge in [0.15, 0.2) is 0 Å². The fraction of sp³-hybridized carbons (Fsp3) is 0.529. The maximum absolute atomic E-state index is 12.1. The molecule has 24 heavy (non-hydrogen) atoms. The molecule has 1 aliphatic heterocycles. The number of para-hydroxylation sites is 1. The summed E-state index contributed by atoms with van der Waals surface area (Å²) in [6.45, 7) is 1.67. The molecule has 132 valence electrons. The second kappa shape index (κ2) is 9.66. The number of carbonyl (C=O) groups excluding carboxylic acids is 2. The molecule has 0 radical (unpaired) electrons. The number of rotatable bonds is 8. The highest BCUT2D eigenvalue weighted by molar-refractivity contribution is 7.98. The molecule has 7 heteroatoms. The van der Waals surface area contributed by atoms with Gasteiger partial charge in [0.25, 0.3) is 0 Å². The van der Waals surface area contributed by atoms with Crippen molar-refractivity contribution in [3.8, 4) is 0 Å². The van der Waals surface area contributed by atoms with Crippen LogP contribution in [0.15, 0.2) is 29.2 Å². The summed E-state index contributed by atoms with van der Waals surface area (Å²) in [6, 6.07) is 7.66. The van der Waals surface area contributed by atoms with Crippen LogP contribution >= 0.6 is 11.8 Å². The van der Waals surface area contributed by atoms with E-state index < -0.39 is 0 Å². The molecule has 1 atom stereocenters. The van der Waals surface area contributed by atoms with E-state index in [0.29, 0.717) is 6.54 Å².